The van der Waals surface area contributed by atoms with Crippen LogP contribution < -0.4 is 5.43 Å². The third-order valence-corrected chi connectivity index (χ3v) is 2.96. The second-order valence-corrected chi connectivity index (χ2v) is 4.26. The Kier molecular flexibility index (Phi) is 3.48. The molecular formula is C12H14F2N4O. The number of fused-ring (bicyclic) bond motifs is 1. The lowest BCUT2D eigenvalue weighted by Gasteiger charge is -2.15. The van der Waals surface area contributed by atoms with E-state index in [1.807, 2.05) is 0 Å². The molecular weight excluding hydrogens is 254 g/mol. The molecule has 0 aliphatic rings. The van der Waals surface area contributed by atoms with E-state index in [9.17, 15) is 13.6 Å². The van der Waals surface area contributed by atoms with Gasteiger partial charge in [0.25, 0.3) is 0 Å². The number of carbonyl (C=O) groups is 1. The first kappa shape index (κ1) is 13.4. The van der Waals surface area contributed by atoms with Crippen LogP contribution in [0.4, 0.5) is 8.78 Å². The van der Waals surface area contributed by atoms with E-state index in [2.05, 4.69) is 10.4 Å². The smallest absolute Gasteiger partial charge is 0.233 e. The number of rotatable bonds is 3. The van der Waals surface area contributed by atoms with Crippen molar-refractivity contribution in [2.24, 2.45) is 7.05 Å². The van der Waals surface area contributed by atoms with Gasteiger partial charge in [-0.05, 0) is 0 Å². The van der Waals surface area contributed by atoms with Crippen LogP contribution in [0.3, 0.4) is 0 Å². The van der Waals surface area contributed by atoms with Gasteiger partial charge in [-0.3, -0.25) is 9.80 Å². The molecule has 1 aromatic carbocycles. The number of nitrogens with one attached hydrogen (secondary N) is 1. The van der Waals surface area contributed by atoms with Crippen LogP contribution in [0.15, 0.2) is 12.1 Å². The Labute approximate surface area is 108 Å². The van der Waals surface area contributed by atoms with E-state index in [1.165, 1.54) is 11.9 Å². The molecule has 2 aromatic rings. The maximum Gasteiger partial charge on any atom is 0.233 e. The van der Waals surface area contributed by atoms with Crippen molar-refractivity contribution in [3.05, 3.63) is 29.6 Å². The van der Waals surface area contributed by atoms with Crippen molar-refractivity contribution in [3.8, 4) is 0 Å². The normalized spacial score (nSPS) is 11.0. The molecule has 1 amide bonds. The third kappa shape index (κ3) is 2.55. The number of hydrogen-bond donors (Lipinski definition) is 1. The van der Waals surface area contributed by atoms with Gasteiger partial charge in [0.05, 0.1) is 17.6 Å². The third-order valence-electron chi connectivity index (χ3n) is 2.96. The van der Waals surface area contributed by atoms with E-state index in [-0.39, 0.29) is 12.5 Å². The Morgan fingerprint density at radius 2 is 2.05 bits per heavy atom. The Hall–Kier alpha value is -2.02. The molecule has 0 spiro atoms. The van der Waals surface area contributed by atoms with Crippen LogP contribution in [0, 0.1) is 11.6 Å². The molecule has 2 rings (SSSR count). The van der Waals surface area contributed by atoms with Gasteiger partial charge in [0, 0.05) is 33.2 Å². The minimum Gasteiger partial charge on any atom is -0.330 e. The van der Waals surface area contributed by atoms with Gasteiger partial charge in [-0.1, -0.05) is 0 Å². The number of imidazole rings is 1. The largest absolute Gasteiger partial charge is 0.330 e. The van der Waals surface area contributed by atoms with Crippen molar-refractivity contribution < 1.29 is 13.6 Å². The summed E-state index contributed by atoms with van der Waals surface area (Å²) < 4.78 is 27.9. The van der Waals surface area contributed by atoms with Crippen LogP contribution in [-0.2, 0) is 18.4 Å². The number of aromatic nitrogens is 2. The number of benzene rings is 1. The number of halogens is 2. The van der Waals surface area contributed by atoms with Gasteiger partial charge in [0.15, 0.2) is 11.6 Å². The fraction of sp³-hybridized carbons (Fsp3) is 0.333. The lowest BCUT2D eigenvalue weighted by molar-refractivity contribution is -0.130. The first-order chi connectivity index (χ1) is 8.90. The summed E-state index contributed by atoms with van der Waals surface area (Å²) in [6, 6.07) is 2.17. The molecule has 0 bridgehead atoms. The highest BCUT2D eigenvalue weighted by molar-refractivity contribution is 5.76. The fourth-order valence-electron chi connectivity index (χ4n) is 1.70. The van der Waals surface area contributed by atoms with Gasteiger partial charge >= 0.3 is 0 Å². The van der Waals surface area contributed by atoms with Gasteiger partial charge in [-0.2, -0.15) is 0 Å². The van der Waals surface area contributed by atoms with Crippen LogP contribution in [0.2, 0.25) is 0 Å². The number of hydrazine groups is 1. The van der Waals surface area contributed by atoms with Gasteiger partial charge < -0.3 is 4.57 Å². The highest BCUT2D eigenvalue weighted by Gasteiger charge is 2.12. The molecule has 19 heavy (non-hydrogen) atoms. The second kappa shape index (κ2) is 4.93. The molecule has 0 aliphatic carbocycles. The van der Waals surface area contributed by atoms with Crippen LogP contribution in [0.1, 0.15) is 12.7 Å². The van der Waals surface area contributed by atoms with Crippen molar-refractivity contribution in [1.29, 1.82) is 0 Å². The topological polar surface area (TPSA) is 50.2 Å². The number of hydrogen-bond acceptors (Lipinski definition) is 3. The zero-order chi connectivity index (χ0) is 14.2. The van der Waals surface area contributed by atoms with Gasteiger partial charge in [0.1, 0.15) is 5.82 Å². The first-order valence-corrected chi connectivity index (χ1v) is 5.68. The summed E-state index contributed by atoms with van der Waals surface area (Å²) in [6.07, 6.45) is 0. The molecule has 1 heterocycles. The quantitative estimate of drug-likeness (QED) is 0.854. The molecule has 0 atom stereocenters. The van der Waals surface area contributed by atoms with Crippen LogP contribution in [-0.4, -0.2) is 27.5 Å². The summed E-state index contributed by atoms with van der Waals surface area (Å²) in [4.78, 5) is 15.2. The average Bonchev–Trinajstić information content (AvgIpc) is 2.64. The van der Waals surface area contributed by atoms with E-state index in [0.29, 0.717) is 16.9 Å². The predicted octanol–water partition coefficient (Wildman–Crippen LogP) is 1.33. The van der Waals surface area contributed by atoms with Gasteiger partial charge in [-0.25, -0.2) is 19.2 Å². The Balaban J connectivity index is 2.30. The van der Waals surface area contributed by atoms with Crippen molar-refractivity contribution in [2.75, 3.05) is 7.05 Å². The maximum atomic E-state index is 13.2. The highest BCUT2D eigenvalue weighted by atomic mass is 19.2. The van der Waals surface area contributed by atoms with Gasteiger partial charge in [-0.15, -0.1) is 0 Å². The Bertz CT molecular complexity index is 638. The molecule has 5 nitrogen and oxygen atoms in total. The van der Waals surface area contributed by atoms with Crippen LogP contribution in [0.5, 0.6) is 0 Å². The number of amides is 1. The van der Waals surface area contributed by atoms with Crippen LogP contribution >= 0.6 is 0 Å². The summed E-state index contributed by atoms with van der Waals surface area (Å²) in [6.45, 7) is 1.71. The maximum absolute atomic E-state index is 13.2. The minimum atomic E-state index is -0.925. The number of aryl methyl sites for hydroxylation is 1. The number of carbonyl (C=O) groups excluding carboxylic acids is 1. The van der Waals surface area contributed by atoms with E-state index in [0.717, 1.165) is 12.1 Å². The van der Waals surface area contributed by atoms with Crippen LogP contribution in [0.25, 0.3) is 11.0 Å². The lowest BCUT2D eigenvalue weighted by Crippen LogP contribution is -2.38. The zero-order valence-electron chi connectivity index (χ0n) is 10.9. The molecule has 0 saturated heterocycles. The standard InChI is InChI=1S/C12H14F2N4O/c1-7(19)18(3)15-6-12-16-10-4-8(13)9(14)5-11(10)17(12)2/h4-5,15H,6H2,1-3H3. The van der Waals surface area contributed by atoms with Gasteiger partial charge in [0.2, 0.25) is 5.91 Å². The van der Waals surface area contributed by atoms with Crippen molar-refractivity contribution in [1.82, 2.24) is 20.0 Å². The monoisotopic (exact) mass is 268 g/mol. The van der Waals surface area contributed by atoms with E-state index >= 15 is 0 Å². The summed E-state index contributed by atoms with van der Waals surface area (Å²) in [7, 11) is 3.29. The molecule has 0 fully saturated rings. The van der Waals surface area contributed by atoms with E-state index in [4.69, 9.17) is 0 Å². The van der Waals surface area contributed by atoms with Crippen molar-refractivity contribution in [2.45, 2.75) is 13.5 Å². The highest BCUT2D eigenvalue weighted by Crippen LogP contribution is 2.18. The molecule has 1 N–H and O–H groups in total. The Morgan fingerprint density at radius 1 is 1.42 bits per heavy atom. The molecule has 0 unspecified atom stereocenters. The summed E-state index contributed by atoms with van der Waals surface area (Å²) in [5.41, 5.74) is 3.72. The summed E-state index contributed by atoms with van der Waals surface area (Å²) in [5.74, 6) is -1.40. The van der Waals surface area contributed by atoms with Crippen molar-refractivity contribution in [3.63, 3.8) is 0 Å². The summed E-state index contributed by atoms with van der Waals surface area (Å²) >= 11 is 0. The fourth-order valence-corrected chi connectivity index (χ4v) is 1.70. The Morgan fingerprint density at radius 3 is 2.68 bits per heavy atom. The lowest BCUT2D eigenvalue weighted by atomic mass is 10.3. The molecule has 102 valence electrons. The first-order valence-electron chi connectivity index (χ1n) is 5.68. The zero-order valence-corrected chi connectivity index (χ0v) is 10.9. The predicted molar refractivity (Wildman–Crippen MR) is 65.9 cm³/mol. The SMILES string of the molecule is CC(=O)N(C)NCc1nc2cc(F)c(F)cc2n1C. The molecule has 0 aliphatic heterocycles. The van der Waals surface area contributed by atoms with E-state index < -0.39 is 11.6 Å². The van der Waals surface area contributed by atoms with Crippen molar-refractivity contribution >= 4 is 16.9 Å². The molecule has 1 aromatic heterocycles. The second-order valence-electron chi connectivity index (χ2n) is 4.26. The molecule has 0 saturated carbocycles. The summed E-state index contributed by atoms with van der Waals surface area (Å²) in [5, 5.41) is 1.32. The molecule has 0 radical (unpaired) electrons. The van der Waals surface area contributed by atoms with E-state index in [1.54, 1.807) is 18.7 Å². The minimum absolute atomic E-state index is 0.143. The average molecular weight is 268 g/mol. The molecule has 7 heteroatoms. The number of nitrogens with zero attached hydrogens (tertiary/aromatic N) is 3.